The summed E-state index contributed by atoms with van der Waals surface area (Å²) in [6, 6.07) is 15.1. The summed E-state index contributed by atoms with van der Waals surface area (Å²) >= 11 is 1.57. The van der Waals surface area contributed by atoms with Crippen LogP contribution in [0.1, 0.15) is 35.1 Å². The molecule has 0 amide bonds. The first-order valence-corrected chi connectivity index (χ1v) is 10.7. The molecule has 0 aliphatic carbocycles. The Morgan fingerprint density at radius 1 is 1.19 bits per heavy atom. The van der Waals surface area contributed by atoms with E-state index in [2.05, 4.69) is 5.32 Å². The number of aryl methyl sites for hydroxylation is 1. The molecule has 0 bridgehead atoms. The van der Waals surface area contributed by atoms with Gasteiger partial charge < -0.3 is 10.4 Å². The van der Waals surface area contributed by atoms with E-state index in [9.17, 15) is 13.5 Å². The third-order valence-corrected chi connectivity index (χ3v) is 6.68. The second-order valence-electron chi connectivity index (χ2n) is 6.40. The van der Waals surface area contributed by atoms with Crippen LogP contribution >= 0.6 is 11.3 Å². The van der Waals surface area contributed by atoms with Crippen molar-refractivity contribution in [3.05, 3.63) is 64.5 Å². The van der Waals surface area contributed by atoms with E-state index in [4.69, 9.17) is 5.14 Å². The van der Waals surface area contributed by atoms with Crippen LogP contribution in [-0.4, -0.2) is 20.1 Å². The number of nitrogens with one attached hydrogen (secondary N) is 1. The number of fused-ring (bicyclic) bond motifs is 1. The fourth-order valence-corrected chi connectivity index (χ4v) is 4.73. The van der Waals surface area contributed by atoms with Crippen molar-refractivity contribution in [3.8, 4) is 0 Å². The summed E-state index contributed by atoms with van der Waals surface area (Å²) in [5.74, 6) is 0. The fourth-order valence-electron chi connectivity index (χ4n) is 2.87. The lowest BCUT2D eigenvalue weighted by Crippen LogP contribution is -2.24. The Kier molecular flexibility index (Phi) is 5.45. The van der Waals surface area contributed by atoms with Gasteiger partial charge in [-0.3, -0.25) is 0 Å². The first-order chi connectivity index (χ1) is 12.3. The Morgan fingerprint density at radius 3 is 2.62 bits per heavy atom. The Balaban J connectivity index is 1.71. The minimum absolute atomic E-state index is 0.125. The first kappa shape index (κ1) is 19.0. The van der Waals surface area contributed by atoms with Crippen LogP contribution < -0.4 is 10.5 Å². The SMILES string of the molecule is Cc1ccc(C(C)NCC(O)c2cc3ccccc3s2)cc1S(N)(=O)=O. The molecule has 1 aromatic heterocycles. The van der Waals surface area contributed by atoms with Crippen LogP contribution in [-0.2, 0) is 10.0 Å². The van der Waals surface area contributed by atoms with Crippen LogP contribution in [0.5, 0.6) is 0 Å². The highest BCUT2D eigenvalue weighted by atomic mass is 32.2. The molecule has 0 saturated heterocycles. The minimum Gasteiger partial charge on any atom is -0.386 e. The van der Waals surface area contributed by atoms with Crippen LogP contribution in [0.15, 0.2) is 53.4 Å². The Hall–Kier alpha value is -1.77. The highest BCUT2D eigenvalue weighted by Gasteiger charge is 2.16. The molecule has 1 heterocycles. The van der Waals surface area contributed by atoms with Crippen molar-refractivity contribution >= 4 is 31.4 Å². The van der Waals surface area contributed by atoms with E-state index >= 15 is 0 Å². The van der Waals surface area contributed by atoms with Gasteiger partial charge >= 0.3 is 0 Å². The number of nitrogens with two attached hydrogens (primary N) is 1. The van der Waals surface area contributed by atoms with Gasteiger partial charge in [-0.25, -0.2) is 13.6 Å². The monoisotopic (exact) mass is 390 g/mol. The van der Waals surface area contributed by atoms with Crippen LogP contribution in [0.2, 0.25) is 0 Å². The highest BCUT2D eigenvalue weighted by Crippen LogP contribution is 2.30. The molecule has 4 N–H and O–H groups in total. The van der Waals surface area contributed by atoms with Crippen molar-refractivity contribution in [1.29, 1.82) is 0 Å². The summed E-state index contributed by atoms with van der Waals surface area (Å²) in [7, 11) is -3.75. The zero-order chi connectivity index (χ0) is 18.9. The van der Waals surface area contributed by atoms with Crippen LogP contribution in [0.4, 0.5) is 0 Å². The molecule has 0 fully saturated rings. The van der Waals surface area contributed by atoms with E-state index < -0.39 is 16.1 Å². The van der Waals surface area contributed by atoms with Crippen LogP contribution in [0.25, 0.3) is 10.1 Å². The minimum atomic E-state index is -3.75. The van der Waals surface area contributed by atoms with Crippen molar-refractivity contribution in [3.63, 3.8) is 0 Å². The molecule has 0 spiro atoms. The molecule has 26 heavy (non-hydrogen) atoms. The molecule has 0 aliphatic rings. The molecule has 0 radical (unpaired) electrons. The van der Waals surface area contributed by atoms with Gasteiger partial charge in [-0.05, 0) is 48.6 Å². The lowest BCUT2D eigenvalue weighted by atomic mass is 10.1. The Bertz CT molecular complexity index is 995. The lowest BCUT2D eigenvalue weighted by molar-refractivity contribution is 0.174. The molecule has 7 heteroatoms. The van der Waals surface area contributed by atoms with Gasteiger partial charge in [-0.2, -0.15) is 0 Å². The molecular weight excluding hydrogens is 368 g/mol. The van der Waals surface area contributed by atoms with Gasteiger partial charge in [0.15, 0.2) is 0 Å². The number of hydrogen-bond acceptors (Lipinski definition) is 5. The van der Waals surface area contributed by atoms with Crippen molar-refractivity contribution in [1.82, 2.24) is 5.32 Å². The highest BCUT2D eigenvalue weighted by molar-refractivity contribution is 7.89. The maximum absolute atomic E-state index is 11.7. The number of sulfonamides is 1. The molecule has 3 rings (SSSR count). The van der Waals surface area contributed by atoms with Gasteiger partial charge in [0.2, 0.25) is 10.0 Å². The predicted octanol–water partition coefficient (Wildman–Crippen LogP) is 3.24. The molecule has 0 saturated carbocycles. The van der Waals surface area contributed by atoms with Gasteiger partial charge in [-0.15, -0.1) is 11.3 Å². The summed E-state index contributed by atoms with van der Waals surface area (Å²) in [6.45, 7) is 4.01. The average Bonchev–Trinajstić information content (AvgIpc) is 3.03. The van der Waals surface area contributed by atoms with E-state index in [0.717, 1.165) is 20.5 Å². The quantitative estimate of drug-likeness (QED) is 0.602. The van der Waals surface area contributed by atoms with E-state index in [1.54, 1.807) is 30.4 Å². The van der Waals surface area contributed by atoms with Crippen molar-refractivity contribution in [2.24, 2.45) is 5.14 Å². The number of hydrogen-bond donors (Lipinski definition) is 3. The fraction of sp³-hybridized carbons (Fsp3) is 0.263. The number of rotatable bonds is 6. The average molecular weight is 391 g/mol. The molecule has 2 aromatic carbocycles. The summed E-state index contributed by atoms with van der Waals surface area (Å²) in [5, 5.41) is 20.1. The largest absolute Gasteiger partial charge is 0.386 e. The summed E-state index contributed by atoms with van der Waals surface area (Å²) in [6.07, 6.45) is -0.627. The normalized spacial score (nSPS) is 14.5. The van der Waals surface area contributed by atoms with Crippen molar-refractivity contribution in [2.45, 2.75) is 30.9 Å². The second-order valence-corrected chi connectivity index (χ2v) is 9.05. The zero-order valence-corrected chi connectivity index (χ0v) is 16.3. The van der Waals surface area contributed by atoms with Crippen molar-refractivity contribution < 1.29 is 13.5 Å². The molecule has 138 valence electrons. The molecule has 2 unspecified atom stereocenters. The van der Waals surface area contributed by atoms with E-state index in [-0.39, 0.29) is 10.9 Å². The summed E-state index contributed by atoms with van der Waals surface area (Å²) in [5.41, 5.74) is 1.43. The molecule has 0 aliphatic heterocycles. The maximum atomic E-state index is 11.7. The number of primary sulfonamides is 1. The lowest BCUT2D eigenvalue weighted by Gasteiger charge is -2.18. The smallest absolute Gasteiger partial charge is 0.238 e. The first-order valence-electron chi connectivity index (χ1n) is 8.29. The van der Waals surface area contributed by atoms with Gasteiger partial charge in [0, 0.05) is 22.2 Å². The summed E-state index contributed by atoms with van der Waals surface area (Å²) in [4.78, 5) is 1.04. The zero-order valence-electron chi connectivity index (χ0n) is 14.6. The van der Waals surface area contributed by atoms with Gasteiger partial charge in [0.25, 0.3) is 0 Å². The second kappa shape index (κ2) is 7.46. The van der Waals surface area contributed by atoms with Gasteiger partial charge in [0.1, 0.15) is 6.10 Å². The van der Waals surface area contributed by atoms with E-state index in [1.807, 2.05) is 43.3 Å². The standard InChI is InChI=1S/C19H22N2O3S2/c1-12-7-8-14(10-19(12)26(20,23)24)13(2)21-11-16(22)18-9-15-5-3-4-6-17(15)25-18/h3-10,13,16,21-22H,11H2,1-2H3,(H2,20,23,24). The van der Waals surface area contributed by atoms with Gasteiger partial charge in [-0.1, -0.05) is 30.3 Å². The molecule has 5 nitrogen and oxygen atoms in total. The third-order valence-electron chi connectivity index (χ3n) is 4.41. The Labute approximate surface area is 157 Å². The molecular formula is C19H22N2O3S2. The number of thiophene rings is 1. The molecule has 2 atom stereocenters. The van der Waals surface area contributed by atoms with Gasteiger partial charge in [0.05, 0.1) is 4.90 Å². The van der Waals surface area contributed by atoms with Crippen LogP contribution in [0.3, 0.4) is 0 Å². The number of aliphatic hydroxyl groups excluding tert-OH is 1. The van der Waals surface area contributed by atoms with Crippen molar-refractivity contribution in [2.75, 3.05) is 6.54 Å². The maximum Gasteiger partial charge on any atom is 0.238 e. The van der Waals surface area contributed by atoms with Crippen LogP contribution in [0, 0.1) is 6.92 Å². The van der Waals surface area contributed by atoms with E-state index in [1.165, 1.54) is 0 Å². The topological polar surface area (TPSA) is 92.4 Å². The number of aliphatic hydroxyl groups is 1. The third kappa shape index (κ3) is 4.13. The summed E-state index contributed by atoms with van der Waals surface area (Å²) < 4.78 is 24.5. The predicted molar refractivity (Wildman–Crippen MR) is 106 cm³/mol. The molecule has 3 aromatic rings. The number of benzene rings is 2. The Morgan fingerprint density at radius 2 is 1.92 bits per heavy atom. The van der Waals surface area contributed by atoms with E-state index in [0.29, 0.717) is 12.1 Å².